The summed E-state index contributed by atoms with van der Waals surface area (Å²) in [5.74, 6) is 0. The molecule has 22 heavy (non-hydrogen) atoms. The Hall–Kier alpha value is -2.33. The average molecular weight is 311 g/mol. The maximum atomic E-state index is 12.6. The molecule has 0 unspecified atom stereocenters. The average Bonchev–Trinajstić information content (AvgIpc) is 2.98. The molecule has 3 aromatic rings. The molecule has 2 aromatic carbocycles. The molecule has 0 aliphatic heterocycles. The first-order valence-electron chi connectivity index (χ1n) is 7.04. The quantitative estimate of drug-likeness (QED) is 0.733. The summed E-state index contributed by atoms with van der Waals surface area (Å²) in [7, 11) is -3.54. The van der Waals surface area contributed by atoms with Crippen LogP contribution in [0.15, 0.2) is 71.9 Å². The minimum atomic E-state index is -3.54. The number of aromatic nitrogens is 1. The van der Waals surface area contributed by atoms with Gasteiger partial charge in [0, 0.05) is 18.0 Å². The van der Waals surface area contributed by atoms with E-state index in [0.717, 1.165) is 22.3 Å². The van der Waals surface area contributed by atoms with Gasteiger partial charge in [-0.25, -0.2) is 12.4 Å². The van der Waals surface area contributed by atoms with Gasteiger partial charge in [-0.3, -0.25) is 0 Å². The van der Waals surface area contributed by atoms with Gasteiger partial charge in [-0.1, -0.05) is 47.5 Å². The number of aryl methyl sites for hydroxylation is 2. The molecule has 0 radical (unpaired) electrons. The third kappa shape index (κ3) is 2.70. The molecule has 0 spiro atoms. The summed E-state index contributed by atoms with van der Waals surface area (Å²) in [4.78, 5) is 0.296. The van der Waals surface area contributed by atoms with Gasteiger partial charge in [0.2, 0.25) is 0 Å². The van der Waals surface area contributed by atoms with Crippen LogP contribution in [-0.4, -0.2) is 12.4 Å². The minimum Gasteiger partial charge on any atom is -0.248 e. The van der Waals surface area contributed by atoms with Crippen molar-refractivity contribution in [3.63, 3.8) is 0 Å². The third-order valence-corrected chi connectivity index (χ3v) is 5.27. The number of hydrogen-bond acceptors (Lipinski definition) is 2. The van der Waals surface area contributed by atoms with Gasteiger partial charge in [-0.2, -0.15) is 0 Å². The molecule has 4 heteroatoms. The summed E-state index contributed by atoms with van der Waals surface area (Å²) in [6.45, 7) is 3.95. The van der Waals surface area contributed by atoms with Crippen molar-refractivity contribution < 1.29 is 8.42 Å². The first-order valence-corrected chi connectivity index (χ1v) is 8.48. The van der Waals surface area contributed by atoms with Crippen molar-refractivity contribution in [3.05, 3.63) is 78.1 Å². The lowest BCUT2D eigenvalue weighted by atomic mass is 10.1. The summed E-state index contributed by atoms with van der Waals surface area (Å²) in [6.07, 6.45) is 3.25. The maximum absolute atomic E-state index is 12.6. The molecule has 1 aromatic heterocycles. The van der Waals surface area contributed by atoms with Crippen LogP contribution in [0.4, 0.5) is 0 Å². The van der Waals surface area contributed by atoms with Gasteiger partial charge in [0.05, 0.1) is 4.90 Å². The Morgan fingerprint density at radius 3 is 2.23 bits per heavy atom. The van der Waals surface area contributed by atoms with Crippen LogP contribution in [0.25, 0.3) is 11.1 Å². The monoisotopic (exact) mass is 311 g/mol. The number of rotatable bonds is 3. The molecule has 0 aliphatic rings. The molecular formula is C18H17NO2S. The molecule has 0 fully saturated rings. The van der Waals surface area contributed by atoms with E-state index < -0.39 is 10.0 Å². The van der Waals surface area contributed by atoms with E-state index in [9.17, 15) is 8.42 Å². The molecule has 0 aliphatic carbocycles. The van der Waals surface area contributed by atoms with E-state index in [1.54, 1.807) is 36.7 Å². The van der Waals surface area contributed by atoms with Gasteiger partial charge < -0.3 is 0 Å². The second kappa shape index (κ2) is 5.46. The summed E-state index contributed by atoms with van der Waals surface area (Å²) in [5, 5.41) is 0. The number of hydrogen-bond donors (Lipinski definition) is 0. The van der Waals surface area contributed by atoms with Crippen molar-refractivity contribution >= 4 is 10.0 Å². The van der Waals surface area contributed by atoms with Crippen molar-refractivity contribution in [3.8, 4) is 11.1 Å². The topological polar surface area (TPSA) is 39.1 Å². The van der Waals surface area contributed by atoms with E-state index in [0.29, 0.717) is 4.90 Å². The zero-order valence-electron chi connectivity index (χ0n) is 12.5. The summed E-state index contributed by atoms with van der Waals surface area (Å²) < 4.78 is 26.5. The maximum Gasteiger partial charge on any atom is 0.267 e. The zero-order chi connectivity index (χ0) is 15.7. The largest absolute Gasteiger partial charge is 0.267 e. The fourth-order valence-electron chi connectivity index (χ4n) is 2.35. The fourth-order valence-corrected chi connectivity index (χ4v) is 3.55. The van der Waals surface area contributed by atoms with Gasteiger partial charge in [-0.15, -0.1) is 0 Å². The molecular weight excluding hydrogens is 294 g/mol. The highest BCUT2D eigenvalue weighted by atomic mass is 32.2. The predicted molar refractivity (Wildman–Crippen MR) is 88.4 cm³/mol. The molecule has 0 saturated carbocycles. The van der Waals surface area contributed by atoms with Gasteiger partial charge in [0.15, 0.2) is 0 Å². The Labute approximate surface area is 130 Å². The van der Waals surface area contributed by atoms with Gasteiger partial charge in [0.1, 0.15) is 0 Å². The second-order valence-electron chi connectivity index (χ2n) is 5.42. The smallest absolute Gasteiger partial charge is 0.248 e. The first-order chi connectivity index (χ1) is 10.5. The normalized spacial score (nSPS) is 11.5. The SMILES string of the molecule is Cc1ccc(S(=O)(=O)n2ccc(-c3cccc(C)c3)c2)cc1. The molecule has 0 atom stereocenters. The van der Waals surface area contributed by atoms with Crippen LogP contribution in [0.3, 0.4) is 0 Å². The molecule has 3 nitrogen and oxygen atoms in total. The number of benzene rings is 2. The fraction of sp³-hybridized carbons (Fsp3) is 0.111. The van der Waals surface area contributed by atoms with E-state index in [2.05, 4.69) is 0 Å². The second-order valence-corrected chi connectivity index (χ2v) is 7.26. The lowest BCUT2D eigenvalue weighted by Crippen LogP contribution is -2.10. The Morgan fingerprint density at radius 1 is 0.818 bits per heavy atom. The van der Waals surface area contributed by atoms with Crippen LogP contribution in [0.1, 0.15) is 11.1 Å². The molecule has 1 heterocycles. The molecule has 0 amide bonds. The molecule has 3 rings (SSSR count). The highest BCUT2D eigenvalue weighted by Gasteiger charge is 2.16. The molecule has 0 N–H and O–H groups in total. The first kappa shape index (κ1) is 14.6. The standard InChI is InChI=1S/C18H17NO2S/c1-14-6-8-18(9-7-14)22(20,21)19-11-10-17(13-19)16-5-3-4-15(2)12-16/h3-13H,1-2H3. The molecule has 112 valence electrons. The summed E-state index contributed by atoms with van der Waals surface area (Å²) >= 11 is 0. The van der Waals surface area contributed by atoms with Crippen LogP contribution in [-0.2, 0) is 10.0 Å². The van der Waals surface area contributed by atoms with Crippen LogP contribution in [0.5, 0.6) is 0 Å². The third-order valence-electron chi connectivity index (χ3n) is 3.62. The van der Waals surface area contributed by atoms with Gasteiger partial charge in [-0.05, 0) is 37.6 Å². The molecule has 0 saturated heterocycles. The van der Waals surface area contributed by atoms with E-state index >= 15 is 0 Å². The van der Waals surface area contributed by atoms with Crippen LogP contribution in [0, 0.1) is 13.8 Å². The van der Waals surface area contributed by atoms with E-state index in [1.807, 2.05) is 44.2 Å². The van der Waals surface area contributed by atoms with Crippen LogP contribution >= 0.6 is 0 Å². The highest BCUT2D eigenvalue weighted by Crippen LogP contribution is 2.23. The van der Waals surface area contributed by atoms with Crippen molar-refractivity contribution in [2.75, 3.05) is 0 Å². The van der Waals surface area contributed by atoms with Crippen molar-refractivity contribution in [2.45, 2.75) is 18.7 Å². The van der Waals surface area contributed by atoms with Gasteiger partial charge >= 0.3 is 0 Å². The Morgan fingerprint density at radius 2 is 1.55 bits per heavy atom. The van der Waals surface area contributed by atoms with Crippen LogP contribution < -0.4 is 0 Å². The Bertz CT molecular complexity index is 906. The number of nitrogens with zero attached hydrogens (tertiary/aromatic N) is 1. The predicted octanol–water partition coefficient (Wildman–Crippen LogP) is 4.01. The van der Waals surface area contributed by atoms with E-state index in [1.165, 1.54) is 3.97 Å². The summed E-state index contributed by atoms with van der Waals surface area (Å²) in [5.41, 5.74) is 4.08. The van der Waals surface area contributed by atoms with Gasteiger partial charge in [0.25, 0.3) is 10.0 Å². The lowest BCUT2D eigenvalue weighted by molar-refractivity contribution is 0.587. The minimum absolute atomic E-state index is 0.296. The van der Waals surface area contributed by atoms with Crippen molar-refractivity contribution in [2.24, 2.45) is 0 Å². The Balaban J connectivity index is 2.01. The summed E-state index contributed by atoms with van der Waals surface area (Å²) in [6, 6.07) is 16.7. The lowest BCUT2D eigenvalue weighted by Gasteiger charge is -2.06. The van der Waals surface area contributed by atoms with Crippen LogP contribution in [0.2, 0.25) is 0 Å². The van der Waals surface area contributed by atoms with Crippen molar-refractivity contribution in [1.29, 1.82) is 0 Å². The van der Waals surface area contributed by atoms with E-state index in [-0.39, 0.29) is 0 Å². The molecule has 0 bridgehead atoms. The highest BCUT2D eigenvalue weighted by molar-refractivity contribution is 7.90. The van der Waals surface area contributed by atoms with E-state index in [4.69, 9.17) is 0 Å². The zero-order valence-corrected chi connectivity index (χ0v) is 13.3. The van der Waals surface area contributed by atoms with Crippen molar-refractivity contribution in [1.82, 2.24) is 3.97 Å². The Kier molecular flexibility index (Phi) is 3.62.